The molecule has 0 atom stereocenters. The fraction of sp³-hybridized carbons (Fsp3) is 0.0833. The zero-order valence-electron chi connectivity index (χ0n) is 9.32. The molecule has 0 aliphatic rings. The quantitative estimate of drug-likeness (QED) is 0.889. The van der Waals surface area contributed by atoms with E-state index in [-0.39, 0.29) is 16.8 Å². The van der Waals surface area contributed by atoms with Crippen molar-refractivity contribution in [3.63, 3.8) is 0 Å². The maximum atomic E-state index is 13.6. The third kappa shape index (κ3) is 2.17. The largest absolute Gasteiger partial charge is 0.478 e. The fourth-order valence-electron chi connectivity index (χ4n) is 1.51. The summed E-state index contributed by atoms with van der Waals surface area (Å²) in [6.07, 6.45) is 1.10. The molecule has 0 fully saturated rings. The van der Waals surface area contributed by atoms with E-state index >= 15 is 0 Å². The highest BCUT2D eigenvalue weighted by atomic mass is 19.1. The number of halogens is 2. The summed E-state index contributed by atoms with van der Waals surface area (Å²) in [5.74, 6) is -2.57. The molecule has 92 valence electrons. The third-order valence-electron chi connectivity index (χ3n) is 2.33. The Morgan fingerprint density at radius 2 is 2.06 bits per heavy atom. The SMILES string of the molecule is Cc1ncc(C(=O)O)c(-c2ccc(F)cc2F)n1. The molecule has 2 rings (SSSR count). The molecule has 0 saturated carbocycles. The summed E-state index contributed by atoms with van der Waals surface area (Å²) in [4.78, 5) is 18.7. The van der Waals surface area contributed by atoms with E-state index in [1.54, 1.807) is 6.92 Å². The number of aryl methyl sites for hydroxylation is 1. The van der Waals surface area contributed by atoms with E-state index in [0.717, 1.165) is 18.3 Å². The molecule has 1 aromatic heterocycles. The normalized spacial score (nSPS) is 10.4. The van der Waals surface area contributed by atoms with Crippen LogP contribution in [0.15, 0.2) is 24.4 Å². The van der Waals surface area contributed by atoms with Crippen molar-refractivity contribution in [2.24, 2.45) is 0 Å². The number of nitrogens with zero attached hydrogens (tertiary/aromatic N) is 2. The lowest BCUT2D eigenvalue weighted by atomic mass is 10.1. The zero-order chi connectivity index (χ0) is 13.3. The van der Waals surface area contributed by atoms with Crippen molar-refractivity contribution >= 4 is 5.97 Å². The summed E-state index contributed by atoms with van der Waals surface area (Å²) in [5, 5.41) is 8.99. The molecule has 2 aromatic rings. The molecule has 0 aliphatic carbocycles. The fourth-order valence-corrected chi connectivity index (χ4v) is 1.51. The Morgan fingerprint density at radius 3 is 2.67 bits per heavy atom. The van der Waals surface area contributed by atoms with Crippen LogP contribution in [0.1, 0.15) is 16.2 Å². The second kappa shape index (κ2) is 4.48. The number of aromatic carboxylic acids is 1. The summed E-state index contributed by atoms with van der Waals surface area (Å²) in [6.45, 7) is 1.55. The van der Waals surface area contributed by atoms with Gasteiger partial charge in [-0.15, -0.1) is 0 Å². The number of carboxylic acids is 1. The molecule has 4 nitrogen and oxygen atoms in total. The second-order valence-electron chi connectivity index (χ2n) is 3.61. The van der Waals surface area contributed by atoms with E-state index < -0.39 is 17.6 Å². The van der Waals surface area contributed by atoms with Gasteiger partial charge in [0.1, 0.15) is 23.0 Å². The lowest BCUT2D eigenvalue weighted by Gasteiger charge is -2.07. The maximum absolute atomic E-state index is 13.6. The first-order chi connectivity index (χ1) is 8.49. The topological polar surface area (TPSA) is 63.1 Å². The number of hydrogen-bond acceptors (Lipinski definition) is 3. The molecular formula is C12H8F2N2O2. The number of benzene rings is 1. The minimum absolute atomic E-state index is 0.0625. The van der Waals surface area contributed by atoms with Gasteiger partial charge in [-0.2, -0.15) is 0 Å². The number of carbonyl (C=O) groups is 1. The van der Waals surface area contributed by atoms with Gasteiger partial charge in [-0.05, 0) is 19.1 Å². The van der Waals surface area contributed by atoms with E-state index in [9.17, 15) is 13.6 Å². The van der Waals surface area contributed by atoms with Crippen molar-refractivity contribution in [1.29, 1.82) is 0 Å². The molecule has 0 spiro atoms. The first-order valence-corrected chi connectivity index (χ1v) is 5.01. The maximum Gasteiger partial charge on any atom is 0.339 e. The lowest BCUT2D eigenvalue weighted by Crippen LogP contribution is -2.05. The average molecular weight is 250 g/mol. The van der Waals surface area contributed by atoms with Gasteiger partial charge in [-0.3, -0.25) is 0 Å². The highest BCUT2D eigenvalue weighted by Crippen LogP contribution is 2.24. The van der Waals surface area contributed by atoms with Crippen molar-refractivity contribution in [1.82, 2.24) is 9.97 Å². The second-order valence-corrected chi connectivity index (χ2v) is 3.61. The molecule has 6 heteroatoms. The number of rotatable bonds is 2. The Balaban J connectivity index is 2.69. The van der Waals surface area contributed by atoms with Gasteiger partial charge in [0.05, 0.1) is 5.69 Å². The Kier molecular flexibility index (Phi) is 3.01. The molecule has 0 aliphatic heterocycles. The lowest BCUT2D eigenvalue weighted by molar-refractivity contribution is 0.0697. The van der Waals surface area contributed by atoms with Crippen LogP contribution in [0.2, 0.25) is 0 Å². The van der Waals surface area contributed by atoms with Gasteiger partial charge >= 0.3 is 5.97 Å². The minimum Gasteiger partial charge on any atom is -0.478 e. The van der Waals surface area contributed by atoms with Gasteiger partial charge in [-0.25, -0.2) is 23.5 Å². The molecule has 0 unspecified atom stereocenters. The van der Waals surface area contributed by atoms with Crippen LogP contribution in [-0.4, -0.2) is 21.0 Å². The van der Waals surface area contributed by atoms with Crippen LogP contribution in [0.5, 0.6) is 0 Å². The van der Waals surface area contributed by atoms with Crippen LogP contribution in [0, 0.1) is 18.6 Å². The molecule has 0 bridgehead atoms. The Labute approximate surface area is 101 Å². The highest BCUT2D eigenvalue weighted by molar-refractivity contribution is 5.94. The van der Waals surface area contributed by atoms with Crippen molar-refractivity contribution in [2.45, 2.75) is 6.92 Å². The summed E-state index contributed by atoms with van der Waals surface area (Å²) >= 11 is 0. The van der Waals surface area contributed by atoms with Crippen LogP contribution in [0.3, 0.4) is 0 Å². The first kappa shape index (κ1) is 12.1. The summed E-state index contributed by atoms with van der Waals surface area (Å²) in [6, 6.07) is 2.87. The number of carboxylic acid groups (broad SMARTS) is 1. The summed E-state index contributed by atoms with van der Waals surface area (Å²) in [7, 11) is 0. The van der Waals surface area contributed by atoms with Crippen LogP contribution < -0.4 is 0 Å². The van der Waals surface area contributed by atoms with E-state index in [1.807, 2.05) is 0 Å². The molecular weight excluding hydrogens is 242 g/mol. The monoisotopic (exact) mass is 250 g/mol. The predicted octanol–water partition coefficient (Wildman–Crippen LogP) is 2.43. The van der Waals surface area contributed by atoms with Crippen molar-refractivity contribution < 1.29 is 18.7 Å². The van der Waals surface area contributed by atoms with Gasteiger partial charge in [-0.1, -0.05) is 0 Å². The molecule has 18 heavy (non-hydrogen) atoms. The van der Waals surface area contributed by atoms with Crippen LogP contribution in [0.25, 0.3) is 11.3 Å². The van der Waals surface area contributed by atoms with Gasteiger partial charge in [0.25, 0.3) is 0 Å². The number of aromatic nitrogens is 2. The Hall–Kier alpha value is -2.37. The molecule has 1 N–H and O–H groups in total. The molecule has 0 amide bonds. The Bertz CT molecular complexity index is 629. The third-order valence-corrected chi connectivity index (χ3v) is 2.33. The van der Waals surface area contributed by atoms with E-state index in [0.29, 0.717) is 11.9 Å². The molecule has 1 heterocycles. The smallest absolute Gasteiger partial charge is 0.339 e. The zero-order valence-corrected chi connectivity index (χ0v) is 9.32. The van der Waals surface area contributed by atoms with Crippen LogP contribution >= 0.6 is 0 Å². The van der Waals surface area contributed by atoms with Gasteiger partial charge in [0.15, 0.2) is 0 Å². The van der Waals surface area contributed by atoms with Crippen molar-refractivity contribution in [3.8, 4) is 11.3 Å². The van der Waals surface area contributed by atoms with Crippen LogP contribution in [0.4, 0.5) is 8.78 Å². The van der Waals surface area contributed by atoms with Gasteiger partial charge < -0.3 is 5.11 Å². The highest BCUT2D eigenvalue weighted by Gasteiger charge is 2.17. The van der Waals surface area contributed by atoms with E-state index in [4.69, 9.17) is 5.11 Å². The summed E-state index contributed by atoms with van der Waals surface area (Å²) in [5.41, 5.74) is -0.363. The van der Waals surface area contributed by atoms with Crippen LogP contribution in [-0.2, 0) is 0 Å². The first-order valence-electron chi connectivity index (χ1n) is 5.01. The Morgan fingerprint density at radius 1 is 1.33 bits per heavy atom. The summed E-state index contributed by atoms with van der Waals surface area (Å²) < 4.78 is 26.4. The van der Waals surface area contributed by atoms with Crippen molar-refractivity contribution in [2.75, 3.05) is 0 Å². The standard InChI is InChI=1S/C12H8F2N2O2/c1-6-15-5-9(12(17)18)11(16-6)8-3-2-7(13)4-10(8)14/h2-5H,1H3,(H,17,18). The minimum atomic E-state index is -1.27. The van der Waals surface area contributed by atoms with Gasteiger partial charge in [0.2, 0.25) is 0 Å². The molecule has 0 saturated heterocycles. The average Bonchev–Trinajstić information content (AvgIpc) is 2.28. The van der Waals surface area contributed by atoms with E-state index in [2.05, 4.69) is 9.97 Å². The van der Waals surface area contributed by atoms with Gasteiger partial charge in [0, 0.05) is 17.8 Å². The predicted molar refractivity (Wildman–Crippen MR) is 59.1 cm³/mol. The van der Waals surface area contributed by atoms with Crippen molar-refractivity contribution in [3.05, 3.63) is 47.4 Å². The molecule has 0 radical (unpaired) electrons. The molecule has 1 aromatic carbocycles. The number of hydrogen-bond donors (Lipinski definition) is 1. The van der Waals surface area contributed by atoms with E-state index in [1.165, 1.54) is 0 Å².